The van der Waals surface area contributed by atoms with Gasteiger partial charge in [-0.1, -0.05) is 12.1 Å². The number of amides is 2. The van der Waals surface area contributed by atoms with E-state index in [-0.39, 0.29) is 47.4 Å². The van der Waals surface area contributed by atoms with Crippen molar-refractivity contribution in [1.29, 1.82) is 0 Å². The third-order valence-corrected chi connectivity index (χ3v) is 6.25. The van der Waals surface area contributed by atoms with E-state index >= 15 is 0 Å². The topological polar surface area (TPSA) is 125 Å². The second kappa shape index (κ2) is 12.7. The third-order valence-electron chi connectivity index (χ3n) is 6.25. The molecule has 0 aliphatic carbocycles. The fraction of sp³-hybridized carbons (Fsp3) is 0.483. The SMILES string of the molecule is CC(C)NC(=O)Cn1c(-c2cccc(OC(F)F)c2)nc2ncc(OC3CCN(C(=O)OC(C)(C)C)CC3)cc2c1=O. The van der Waals surface area contributed by atoms with Gasteiger partial charge in [0.05, 0.1) is 11.6 Å². The zero-order chi connectivity index (χ0) is 30.6. The number of halogens is 2. The first-order chi connectivity index (χ1) is 19.8. The fourth-order valence-electron chi connectivity index (χ4n) is 4.52. The Bertz CT molecular complexity index is 1500. The van der Waals surface area contributed by atoms with E-state index in [1.165, 1.54) is 35.0 Å². The average molecular weight is 588 g/mol. The van der Waals surface area contributed by atoms with Crippen LogP contribution in [0.4, 0.5) is 13.6 Å². The Labute approximate surface area is 241 Å². The summed E-state index contributed by atoms with van der Waals surface area (Å²) in [5.74, 6) is -0.131. The van der Waals surface area contributed by atoms with Gasteiger partial charge in [0.15, 0.2) is 5.65 Å². The summed E-state index contributed by atoms with van der Waals surface area (Å²) in [5, 5.41) is 2.87. The number of hydrogen-bond acceptors (Lipinski definition) is 8. The molecule has 0 radical (unpaired) electrons. The number of likely N-dealkylation sites (tertiary alicyclic amines) is 1. The van der Waals surface area contributed by atoms with Gasteiger partial charge in [-0.15, -0.1) is 0 Å². The van der Waals surface area contributed by atoms with Crippen LogP contribution >= 0.6 is 0 Å². The first-order valence-corrected chi connectivity index (χ1v) is 13.7. The number of fused-ring (bicyclic) bond motifs is 1. The van der Waals surface area contributed by atoms with Gasteiger partial charge in [0.1, 0.15) is 35.6 Å². The standard InChI is InChI=1S/C29H35F2N5O6/c1-17(2)33-23(37)16-36-25(18-7-6-8-20(13-18)41-27(30)31)34-24-22(26(36)38)14-21(15-32-24)40-19-9-11-35(12-10-19)28(39)42-29(3,4)5/h6-8,13-15,17,19,27H,9-12,16H2,1-5H3,(H,33,37). The van der Waals surface area contributed by atoms with Crippen molar-refractivity contribution < 1.29 is 32.6 Å². The van der Waals surface area contributed by atoms with E-state index in [1.807, 2.05) is 20.8 Å². The van der Waals surface area contributed by atoms with Crippen LogP contribution in [0, 0.1) is 0 Å². The molecule has 1 aromatic carbocycles. The lowest BCUT2D eigenvalue weighted by molar-refractivity contribution is -0.122. The first-order valence-electron chi connectivity index (χ1n) is 13.7. The van der Waals surface area contributed by atoms with Gasteiger partial charge in [0, 0.05) is 37.5 Å². The summed E-state index contributed by atoms with van der Waals surface area (Å²) in [4.78, 5) is 49.3. The molecule has 3 aromatic rings. The molecule has 0 atom stereocenters. The summed E-state index contributed by atoms with van der Waals surface area (Å²) in [6.45, 7) is 6.54. The summed E-state index contributed by atoms with van der Waals surface area (Å²) in [7, 11) is 0. The lowest BCUT2D eigenvalue weighted by Gasteiger charge is -2.33. The van der Waals surface area contributed by atoms with Crippen molar-refractivity contribution in [3.63, 3.8) is 0 Å². The summed E-state index contributed by atoms with van der Waals surface area (Å²) < 4.78 is 42.9. The first kappa shape index (κ1) is 30.7. The van der Waals surface area contributed by atoms with Crippen molar-refractivity contribution in [2.24, 2.45) is 0 Å². The van der Waals surface area contributed by atoms with E-state index in [1.54, 1.807) is 24.8 Å². The molecule has 13 heteroatoms. The van der Waals surface area contributed by atoms with Gasteiger partial charge in [0.25, 0.3) is 5.56 Å². The highest BCUT2D eigenvalue weighted by molar-refractivity contribution is 5.80. The number of ether oxygens (including phenoxy) is 3. The summed E-state index contributed by atoms with van der Waals surface area (Å²) in [6.07, 6.45) is 1.98. The molecular weight excluding hydrogens is 552 g/mol. The normalized spacial score (nSPS) is 14.4. The number of benzene rings is 1. The lowest BCUT2D eigenvalue weighted by Crippen LogP contribution is -2.44. The molecule has 226 valence electrons. The van der Waals surface area contributed by atoms with Crippen LogP contribution in [-0.4, -0.2) is 68.9 Å². The Morgan fingerprint density at radius 1 is 1.12 bits per heavy atom. The Balaban J connectivity index is 1.62. The number of hydrogen-bond donors (Lipinski definition) is 1. The molecule has 0 saturated carbocycles. The van der Waals surface area contributed by atoms with Crippen molar-refractivity contribution in [2.75, 3.05) is 13.1 Å². The number of carbonyl (C=O) groups excluding carboxylic acids is 2. The molecule has 42 heavy (non-hydrogen) atoms. The van der Waals surface area contributed by atoms with Gasteiger partial charge >= 0.3 is 12.7 Å². The van der Waals surface area contributed by atoms with Crippen LogP contribution in [0.25, 0.3) is 22.4 Å². The van der Waals surface area contributed by atoms with Gasteiger partial charge < -0.3 is 24.4 Å². The third kappa shape index (κ3) is 7.92. The highest BCUT2D eigenvalue weighted by Crippen LogP contribution is 2.26. The monoisotopic (exact) mass is 587 g/mol. The van der Waals surface area contributed by atoms with Gasteiger partial charge in [0.2, 0.25) is 5.91 Å². The van der Waals surface area contributed by atoms with Crippen molar-refractivity contribution in [3.05, 3.63) is 46.9 Å². The van der Waals surface area contributed by atoms with Gasteiger partial charge in [-0.25, -0.2) is 14.8 Å². The second-order valence-electron chi connectivity index (χ2n) is 11.3. The highest BCUT2D eigenvalue weighted by atomic mass is 19.3. The Morgan fingerprint density at radius 3 is 2.48 bits per heavy atom. The van der Waals surface area contributed by atoms with Crippen LogP contribution in [0.2, 0.25) is 0 Å². The summed E-state index contributed by atoms with van der Waals surface area (Å²) in [6, 6.07) is 7.08. The van der Waals surface area contributed by atoms with Crippen LogP contribution in [0.5, 0.6) is 11.5 Å². The zero-order valence-corrected chi connectivity index (χ0v) is 24.2. The molecular formula is C29H35F2N5O6. The van der Waals surface area contributed by atoms with Crippen LogP contribution < -0.4 is 20.3 Å². The number of alkyl halides is 2. The lowest BCUT2D eigenvalue weighted by atomic mass is 10.1. The van der Waals surface area contributed by atoms with Gasteiger partial charge in [-0.05, 0) is 52.8 Å². The largest absolute Gasteiger partial charge is 0.489 e. The minimum absolute atomic E-state index is 0.0711. The molecule has 1 fully saturated rings. The molecule has 1 aliphatic heterocycles. The number of pyridine rings is 1. The second-order valence-corrected chi connectivity index (χ2v) is 11.3. The zero-order valence-electron chi connectivity index (χ0n) is 24.2. The minimum atomic E-state index is -3.03. The number of nitrogens with zero attached hydrogens (tertiary/aromatic N) is 4. The average Bonchev–Trinajstić information content (AvgIpc) is 2.89. The maximum absolute atomic E-state index is 13.7. The van der Waals surface area contributed by atoms with Crippen LogP contribution in [0.3, 0.4) is 0 Å². The van der Waals surface area contributed by atoms with Crippen LogP contribution in [0.1, 0.15) is 47.5 Å². The number of piperidine rings is 1. The number of nitrogens with one attached hydrogen (secondary N) is 1. The van der Waals surface area contributed by atoms with Gasteiger partial charge in [-0.3, -0.25) is 14.2 Å². The molecule has 4 rings (SSSR count). The molecule has 0 bridgehead atoms. The van der Waals surface area contributed by atoms with E-state index in [2.05, 4.69) is 20.0 Å². The fourth-order valence-corrected chi connectivity index (χ4v) is 4.52. The smallest absolute Gasteiger partial charge is 0.410 e. The van der Waals surface area contributed by atoms with E-state index in [4.69, 9.17) is 9.47 Å². The molecule has 0 spiro atoms. The molecule has 1 saturated heterocycles. The minimum Gasteiger partial charge on any atom is -0.489 e. The molecule has 2 amide bonds. The van der Waals surface area contributed by atoms with E-state index in [0.29, 0.717) is 37.2 Å². The molecule has 1 N–H and O–H groups in total. The van der Waals surface area contributed by atoms with Crippen LogP contribution in [0.15, 0.2) is 41.3 Å². The number of rotatable bonds is 8. The van der Waals surface area contributed by atoms with E-state index in [0.717, 1.165) is 0 Å². The van der Waals surface area contributed by atoms with Gasteiger partial charge in [-0.2, -0.15) is 8.78 Å². The van der Waals surface area contributed by atoms with Crippen molar-refractivity contribution >= 4 is 23.0 Å². The summed E-state index contributed by atoms with van der Waals surface area (Å²) in [5.41, 5.74) is -0.738. The Hall–Kier alpha value is -4.29. The van der Waals surface area contributed by atoms with E-state index in [9.17, 15) is 23.2 Å². The quantitative estimate of drug-likeness (QED) is 0.412. The molecule has 3 heterocycles. The molecule has 0 unspecified atom stereocenters. The van der Waals surface area contributed by atoms with Crippen molar-refractivity contribution in [3.8, 4) is 22.9 Å². The maximum atomic E-state index is 13.7. The molecule has 2 aromatic heterocycles. The number of carbonyl (C=O) groups is 2. The Kier molecular flexibility index (Phi) is 9.27. The van der Waals surface area contributed by atoms with E-state index < -0.39 is 23.7 Å². The summed E-state index contributed by atoms with van der Waals surface area (Å²) >= 11 is 0. The predicted molar refractivity (Wildman–Crippen MR) is 151 cm³/mol. The molecule has 1 aliphatic rings. The number of aromatic nitrogens is 3. The predicted octanol–water partition coefficient (Wildman–Crippen LogP) is 4.36. The highest BCUT2D eigenvalue weighted by Gasteiger charge is 2.28. The van der Waals surface area contributed by atoms with Crippen LogP contribution in [-0.2, 0) is 16.1 Å². The molecule has 11 nitrogen and oxygen atoms in total. The maximum Gasteiger partial charge on any atom is 0.410 e. The van der Waals surface area contributed by atoms with Crippen molar-refractivity contribution in [2.45, 2.75) is 78.4 Å². The Morgan fingerprint density at radius 2 is 1.83 bits per heavy atom. The van der Waals surface area contributed by atoms with Crippen molar-refractivity contribution in [1.82, 2.24) is 24.8 Å².